The van der Waals surface area contributed by atoms with Crippen LogP contribution in [0.25, 0.3) is 21.9 Å². The van der Waals surface area contributed by atoms with Crippen LogP contribution in [0.3, 0.4) is 0 Å². The zero-order valence-corrected chi connectivity index (χ0v) is 9.72. The topological polar surface area (TPSA) is 12.9 Å². The summed E-state index contributed by atoms with van der Waals surface area (Å²) in [6, 6.07) is 17.0. The first-order chi connectivity index (χ1) is 8.36. The van der Waals surface area contributed by atoms with E-state index in [-0.39, 0.29) is 0 Å². The van der Waals surface area contributed by atoms with Gasteiger partial charge >= 0.3 is 0 Å². The van der Waals surface area contributed by atoms with E-state index in [1.165, 1.54) is 27.5 Å². The van der Waals surface area contributed by atoms with Gasteiger partial charge in [-0.3, -0.25) is 4.98 Å². The molecule has 0 unspecified atom stereocenters. The van der Waals surface area contributed by atoms with Crippen molar-refractivity contribution in [2.45, 2.75) is 6.92 Å². The predicted octanol–water partition coefficient (Wildman–Crippen LogP) is 4.21. The van der Waals surface area contributed by atoms with Crippen LogP contribution in [0.15, 0.2) is 60.9 Å². The molecule has 0 fully saturated rings. The van der Waals surface area contributed by atoms with Crippen molar-refractivity contribution in [2.75, 3.05) is 0 Å². The molecule has 0 saturated carbocycles. The second-order valence-electron chi connectivity index (χ2n) is 4.22. The zero-order chi connectivity index (χ0) is 11.7. The van der Waals surface area contributed by atoms with Gasteiger partial charge in [-0.25, -0.2) is 0 Å². The van der Waals surface area contributed by atoms with E-state index in [2.05, 4.69) is 60.4 Å². The lowest BCUT2D eigenvalue weighted by molar-refractivity contribution is 1.27. The van der Waals surface area contributed by atoms with Gasteiger partial charge in [-0.05, 0) is 40.5 Å². The average Bonchev–Trinajstić information content (AvgIpc) is 2.39. The Kier molecular flexibility index (Phi) is 2.37. The standard InChI is InChI=1S/C16H13N/c1-12-11-17-10-9-14(12)16-8-4-6-13-5-2-3-7-15(13)16/h2-11H,1H3. The van der Waals surface area contributed by atoms with Crippen molar-refractivity contribution in [1.82, 2.24) is 4.98 Å². The highest BCUT2D eigenvalue weighted by atomic mass is 14.6. The van der Waals surface area contributed by atoms with Gasteiger partial charge in [0.15, 0.2) is 0 Å². The first-order valence-electron chi connectivity index (χ1n) is 5.75. The van der Waals surface area contributed by atoms with E-state index < -0.39 is 0 Å². The number of aryl methyl sites for hydroxylation is 1. The van der Waals surface area contributed by atoms with Crippen molar-refractivity contribution < 1.29 is 0 Å². The van der Waals surface area contributed by atoms with Gasteiger partial charge in [0.05, 0.1) is 0 Å². The summed E-state index contributed by atoms with van der Waals surface area (Å²) in [4.78, 5) is 4.15. The monoisotopic (exact) mass is 219 g/mol. The summed E-state index contributed by atoms with van der Waals surface area (Å²) in [7, 11) is 0. The largest absolute Gasteiger partial charge is 0.264 e. The lowest BCUT2D eigenvalue weighted by Crippen LogP contribution is -1.86. The van der Waals surface area contributed by atoms with Crippen molar-refractivity contribution in [3.05, 3.63) is 66.5 Å². The average molecular weight is 219 g/mol. The number of pyridine rings is 1. The molecular formula is C16H13N. The van der Waals surface area contributed by atoms with Gasteiger partial charge in [0, 0.05) is 12.4 Å². The second-order valence-corrected chi connectivity index (χ2v) is 4.22. The molecule has 1 aromatic heterocycles. The van der Waals surface area contributed by atoms with Gasteiger partial charge in [-0.2, -0.15) is 0 Å². The molecule has 1 nitrogen and oxygen atoms in total. The Balaban J connectivity index is 2.35. The fourth-order valence-electron chi connectivity index (χ4n) is 2.24. The molecule has 0 bridgehead atoms. The fraction of sp³-hybridized carbons (Fsp3) is 0.0625. The van der Waals surface area contributed by atoms with E-state index >= 15 is 0 Å². The number of hydrogen-bond donors (Lipinski definition) is 0. The molecule has 0 N–H and O–H groups in total. The Morgan fingerprint density at radius 2 is 1.65 bits per heavy atom. The van der Waals surface area contributed by atoms with E-state index in [0.717, 1.165) is 0 Å². The molecule has 3 aromatic rings. The van der Waals surface area contributed by atoms with Crippen LogP contribution < -0.4 is 0 Å². The van der Waals surface area contributed by atoms with Crippen molar-refractivity contribution in [3.8, 4) is 11.1 Å². The summed E-state index contributed by atoms with van der Waals surface area (Å²) in [5, 5.41) is 2.57. The lowest BCUT2D eigenvalue weighted by Gasteiger charge is -2.08. The molecule has 0 amide bonds. The van der Waals surface area contributed by atoms with Crippen molar-refractivity contribution in [3.63, 3.8) is 0 Å². The summed E-state index contributed by atoms with van der Waals surface area (Å²) in [5.74, 6) is 0. The van der Waals surface area contributed by atoms with E-state index in [9.17, 15) is 0 Å². The highest BCUT2D eigenvalue weighted by Crippen LogP contribution is 2.29. The van der Waals surface area contributed by atoms with Gasteiger partial charge in [0.1, 0.15) is 0 Å². The van der Waals surface area contributed by atoms with E-state index in [1.807, 2.05) is 12.4 Å². The highest BCUT2D eigenvalue weighted by Gasteiger charge is 2.05. The van der Waals surface area contributed by atoms with Crippen LogP contribution in [0.2, 0.25) is 0 Å². The summed E-state index contributed by atoms with van der Waals surface area (Å²) >= 11 is 0. The molecule has 0 aliphatic carbocycles. The molecular weight excluding hydrogens is 206 g/mol. The lowest BCUT2D eigenvalue weighted by atomic mass is 9.96. The zero-order valence-electron chi connectivity index (χ0n) is 9.72. The molecule has 0 aliphatic rings. The number of fused-ring (bicyclic) bond motifs is 1. The minimum absolute atomic E-state index is 1.21. The van der Waals surface area contributed by atoms with Crippen LogP contribution in [-0.2, 0) is 0 Å². The van der Waals surface area contributed by atoms with Crippen molar-refractivity contribution in [2.24, 2.45) is 0 Å². The Bertz CT molecular complexity index is 666. The smallest absolute Gasteiger partial charge is 0.0303 e. The van der Waals surface area contributed by atoms with Crippen LogP contribution in [-0.4, -0.2) is 4.98 Å². The molecule has 0 saturated heterocycles. The second kappa shape index (κ2) is 4.02. The minimum Gasteiger partial charge on any atom is -0.264 e. The molecule has 0 radical (unpaired) electrons. The van der Waals surface area contributed by atoms with Gasteiger partial charge in [0.2, 0.25) is 0 Å². The third-order valence-electron chi connectivity index (χ3n) is 3.10. The first-order valence-corrected chi connectivity index (χ1v) is 5.75. The quantitative estimate of drug-likeness (QED) is 0.597. The Morgan fingerprint density at radius 1 is 0.824 bits per heavy atom. The third kappa shape index (κ3) is 1.70. The van der Waals surface area contributed by atoms with Gasteiger partial charge in [0.25, 0.3) is 0 Å². The number of nitrogens with zero attached hydrogens (tertiary/aromatic N) is 1. The third-order valence-corrected chi connectivity index (χ3v) is 3.10. The molecule has 0 aliphatic heterocycles. The van der Waals surface area contributed by atoms with E-state index in [4.69, 9.17) is 0 Å². The molecule has 0 atom stereocenters. The number of aromatic nitrogens is 1. The first kappa shape index (κ1) is 10.0. The Hall–Kier alpha value is -2.15. The van der Waals surface area contributed by atoms with Crippen LogP contribution in [0.4, 0.5) is 0 Å². The molecule has 3 rings (SSSR count). The molecule has 1 heteroatoms. The number of rotatable bonds is 1. The summed E-state index contributed by atoms with van der Waals surface area (Å²) in [6.07, 6.45) is 3.77. The maximum absolute atomic E-state index is 4.15. The molecule has 0 spiro atoms. The Morgan fingerprint density at radius 3 is 2.53 bits per heavy atom. The molecule has 82 valence electrons. The summed E-state index contributed by atoms with van der Waals surface area (Å²) in [5.41, 5.74) is 3.75. The Labute approximate surface area is 101 Å². The summed E-state index contributed by atoms with van der Waals surface area (Å²) in [6.45, 7) is 2.10. The van der Waals surface area contributed by atoms with Gasteiger partial charge < -0.3 is 0 Å². The number of hydrogen-bond acceptors (Lipinski definition) is 1. The maximum atomic E-state index is 4.15. The van der Waals surface area contributed by atoms with Crippen LogP contribution in [0.1, 0.15) is 5.56 Å². The van der Waals surface area contributed by atoms with Gasteiger partial charge in [-0.1, -0.05) is 42.5 Å². The summed E-state index contributed by atoms with van der Waals surface area (Å²) < 4.78 is 0. The maximum Gasteiger partial charge on any atom is 0.0303 e. The normalized spacial score (nSPS) is 10.6. The van der Waals surface area contributed by atoms with E-state index in [0.29, 0.717) is 0 Å². The SMILES string of the molecule is Cc1cnccc1-c1cccc2ccccc12. The minimum atomic E-state index is 1.21. The van der Waals surface area contributed by atoms with Crippen molar-refractivity contribution in [1.29, 1.82) is 0 Å². The highest BCUT2D eigenvalue weighted by molar-refractivity contribution is 5.97. The van der Waals surface area contributed by atoms with Crippen LogP contribution >= 0.6 is 0 Å². The van der Waals surface area contributed by atoms with Gasteiger partial charge in [-0.15, -0.1) is 0 Å². The van der Waals surface area contributed by atoms with Crippen LogP contribution in [0, 0.1) is 6.92 Å². The van der Waals surface area contributed by atoms with Crippen LogP contribution in [0.5, 0.6) is 0 Å². The molecule has 17 heavy (non-hydrogen) atoms. The molecule has 1 heterocycles. The predicted molar refractivity (Wildman–Crippen MR) is 71.9 cm³/mol. The van der Waals surface area contributed by atoms with E-state index in [1.54, 1.807) is 0 Å². The molecule has 2 aromatic carbocycles. The fourth-order valence-corrected chi connectivity index (χ4v) is 2.24. The number of benzene rings is 2. The van der Waals surface area contributed by atoms with Crippen molar-refractivity contribution >= 4 is 10.8 Å².